The SMILES string of the molecule is O=C1CCc2ccccc2C(CCCC2CCN(Cc3ccc(F)cc3F)CC2)CC1. The van der Waals surface area contributed by atoms with E-state index in [1.54, 1.807) is 6.07 Å². The minimum atomic E-state index is -0.517. The summed E-state index contributed by atoms with van der Waals surface area (Å²) in [5.41, 5.74) is 3.41. The highest BCUT2D eigenvalue weighted by molar-refractivity contribution is 5.79. The average molecular weight is 426 g/mol. The molecule has 1 aliphatic heterocycles. The van der Waals surface area contributed by atoms with Crippen LogP contribution in [0.2, 0.25) is 0 Å². The second kappa shape index (κ2) is 10.5. The van der Waals surface area contributed by atoms with Gasteiger partial charge in [-0.3, -0.25) is 9.69 Å². The molecule has 1 fully saturated rings. The van der Waals surface area contributed by atoms with Gasteiger partial charge in [-0.05, 0) is 74.2 Å². The molecule has 1 atom stereocenters. The molecule has 2 aromatic rings. The molecule has 1 unspecified atom stereocenters. The molecule has 2 aliphatic rings. The maximum absolute atomic E-state index is 13.9. The molecule has 1 aliphatic carbocycles. The van der Waals surface area contributed by atoms with Gasteiger partial charge in [0.15, 0.2) is 0 Å². The molecule has 31 heavy (non-hydrogen) atoms. The van der Waals surface area contributed by atoms with Crippen molar-refractivity contribution in [2.75, 3.05) is 13.1 Å². The van der Waals surface area contributed by atoms with E-state index in [0.717, 1.165) is 63.6 Å². The highest BCUT2D eigenvalue weighted by Gasteiger charge is 2.23. The van der Waals surface area contributed by atoms with E-state index in [1.807, 2.05) is 0 Å². The zero-order valence-electron chi connectivity index (χ0n) is 18.3. The van der Waals surface area contributed by atoms with Gasteiger partial charge in [0.25, 0.3) is 0 Å². The highest BCUT2D eigenvalue weighted by Crippen LogP contribution is 2.34. The molecule has 0 bridgehead atoms. The number of benzene rings is 2. The molecule has 1 heterocycles. The van der Waals surface area contributed by atoms with Gasteiger partial charge >= 0.3 is 0 Å². The Morgan fingerprint density at radius 3 is 2.52 bits per heavy atom. The lowest BCUT2D eigenvalue weighted by Gasteiger charge is -2.32. The molecular weight excluding hydrogens is 392 g/mol. The molecule has 0 N–H and O–H groups in total. The number of aryl methyl sites for hydroxylation is 1. The van der Waals surface area contributed by atoms with Gasteiger partial charge in [0.1, 0.15) is 17.4 Å². The number of likely N-dealkylation sites (tertiary alicyclic amines) is 1. The van der Waals surface area contributed by atoms with Crippen molar-refractivity contribution in [1.29, 1.82) is 0 Å². The smallest absolute Gasteiger partial charge is 0.133 e. The van der Waals surface area contributed by atoms with Crippen LogP contribution in [0.5, 0.6) is 0 Å². The number of nitrogens with zero attached hydrogens (tertiary/aromatic N) is 1. The summed E-state index contributed by atoms with van der Waals surface area (Å²) in [5.74, 6) is 0.669. The lowest BCUT2D eigenvalue weighted by molar-refractivity contribution is -0.119. The van der Waals surface area contributed by atoms with Crippen molar-refractivity contribution in [3.05, 3.63) is 70.8 Å². The Balaban J connectivity index is 1.24. The number of carbonyl (C=O) groups is 1. The summed E-state index contributed by atoms with van der Waals surface area (Å²) in [6, 6.07) is 12.6. The molecule has 0 amide bonds. The minimum absolute atomic E-state index is 0.407. The third kappa shape index (κ3) is 6.00. The normalized spacial score (nSPS) is 20.8. The standard InChI is InChI=1S/C27H33F2NO/c28-24-11-8-23(27(29)18-24)19-30-16-14-20(15-17-30)4-3-6-22-10-13-25(31)12-9-21-5-1-2-7-26(21)22/h1-2,5,7-8,11,18,20,22H,3-4,6,9-10,12-17,19H2. The van der Waals surface area contributed by atoms with E-state index >= 15 is 0 Å². The number of piperidine rings is 1. The van der Waals surface area contributed by atoms with Crippen LogP contribution in [-0.4, -0.2) is 23.8 Å². The molecule has 4 heteroatoms. The summed E-state index contributed by atoms with van der Waals surface area (Å²) >= 11 is 0. The van der Waals surface area contributed by atoms with E-state index in [1.165, 1.54) is 30.0 Å². The van der Waals surface area contributed by atoms with Crippen LogP contribution in [0.4, 0.5) is 8.78 Å². The van der Waals surface area contributed by atoms with E-state index in [9.17, 15) is 13.6 Å². The van der Waals surface area contributed by atoms with Gasteiger partial charge in [-0.1, -0.05) is 43.2 Å². The predicted molar refractivity (Wildman–Crippen MR) is 120 cm³/mol. The fourth-order valence-electron chi connectivity index (χ4n) is 5.33. The second-order valence-corrected chi connectivity index (χ2v) is 9.36. The molecule has 1 saturated heterocycles. The summed E-state index contributed by atoms with van der Waals surface area (Å²) in [6.45, 7) is 2.51. The molecule has 2 nitrogen and oxygen atoms in total. The van der Waals surface area contributed by atoms with Crippen LogP contribution in [0.15, 0.2) is 42.5 Å². The zero-order chi connectivity index (χ0) is 21.6. The first kappa shape index (κ1) is 22.1. The maximum Gasteiger partial charge on any atom is 0.133 e. The minimum Gasteiger partial charge on any atom is -0.300 e. The van der Waals surface area contributed by atoms with Crippen molar-refractivity contribution in [3.8, 4) is 0 Å². The number of carbonyl (C=O) groups excluding carboxylic acids is 1. The topological polar surface area (TPSA) is 20.3 Å². The Hall–Kier alpha value is -2.07. The van der Waals surface area contributed by atoms with Gasteiger partial charge in [0.2, 0.25) is 0 Å². The lowest BCUT2D eigenvalue weighted by Crippen LogP contribution is -2.33. The Labute approximate surface area is 184 Å². The van der Waals surface area contributed by atoms with Crippen molar-refractivity contribution in [2.24, 2.45) is 5.92 Å². The van der Waals surface area contributed by atoms with Gasteiger partial charge in [-0.25, -0.2) is 8.78 Å². The Morgan fingerprint density at radius 1 is 0.903 bits per heavy atom. The van der Waals surface area contributed by atoms with Crippen LogP contribution < -0.4 is 0 Å². The van der Waals surface area contributed by atoms with Crippen molar-refractivity contribution in [1.82, 2.24) is 4.90 Å². The fraction of sp³-hybridized carbons (Fsp3) is 0.519. The third-order valence-corrected chi connectivity index (χ3v) is 7.22. The summed E-state index contributed by atoms with van der Waals surface area (Å²) in [4.78, 5) is 14.3. The van der Waals surface area contributed by atoms with Crippen LogP contribution in [-0.2, 0) is 17.8 Å². The van der Waals surface area contributed by atoms with Crippen LogP contribution in [0.3, 0.4) is 0 Å². The quantitative estimate of drug-likeness (QED) is 0.532. The molecule has 0 spiro atoms. The first-order valence-electron chi connectivity index (χ1n) is 11.8. The van der Waals surface area contributed by atoms with Crippen LogP contribution in [0.1, 0.15) is 74.0 Å². The fourth-order valence-corrected chi connectivity index (χ4v) is 5.33. The molecule has 0 saturated carbocycles. The lowest BCUT2D eigenvalue weighted by atomic mass is 9.81. The van der Waals surface area contributed by atoms with Gasteiger partial charge < -0.3 is 0 Å². The molecule has 166 valence electrons. The highest BCUT2D eigenvalue weighted by atomic mass is 19.1. The molecule has 2 aromatic carbocycles. The predicted octanol–water partition coefficient (Wildman–Crippen LogP) is 6.43. The van der Waals surface area contributed by atoms with E-state index < -0.39 is 11.6 Å². The molecule has 0 aromatic heterocycles. The number of fused-ring (bicyclic) bond motifs is 1. The van der Waals surface area contributed by atoms with E-state index in [2.05, 4.69) is 29.2 Å². The van der Waals surface area contributed by atoms with Crippen LogP contribution in [0.25, 0.3) is 0 Å². The van der Waals surface area contributed by atoms with Crippen LogP contribution >= 0.6 is 0 Å². The Morgan fingerprint density at radius 2 is 1.71 bits per heavy atom. The number of rotatable bonds is 6. The molecular formula is C27H33F2NO. The van der Waals surface area contributed by atoms with Crippen molar-refractivity contribution < 1.29 is 13.6 Å². The second-order valence-electron chi connectivity index (χ2n) is 9.36. The van der Waals surface area contributed by atoms with Gasteiger partial charge in [0.05, 0.1) is 0 Å². The average Bonchev–Trinajstić information content (AvgIpc) is 2.77. The first-order chi connectivity index (χ1) is 15.1. The third-order valence-electron chi connectivity index (χ3n) is 7.22. The van der Waals surface area contributed by atoms with Crippen LogP contribution in [0, 0.1) is 17.6 Å². The molecule has 4 rings (SSSR count). The Kier molecular flexibility index (Phi) is 7.49. The number of hydrogen-bond donors (Lipinski definition) is 0. The van der Waals surface area contributed by atoms with E-state index in [4.69, 9.17) is 0 Å². The largest absolute Gasteiger partial charge is 0.300 e. The van der Waals surface area contributed by atoms with Crippen molar-refractivity contribution in [3.63, 3.8) is 0 Å². The summed E-state index contributed by atoms with van der Waals surface area (Å²) < 4.78 is 27.0. The number of Topliss-reactive ketones (excluding diaryl/α,β-unsaturated/α-hetero) is 1. The maximum atomic E-state index is 13.9. The van der Waals surface area contributed by atoms with E-state index in [0.29, 0.717) is 30.2 Å². The van der Waals surface area contributed by atoms with Gasteiger partial charge in [-0.15, -0.1) is 0 Å². The summed E-state index contributed by atoms with van der Waals surface area (Å²) in [5, 5.41) is 0. The van der Waals surface area contributed by atoms with Crippen molar-refractivity contribution >= 4 is 5.78 Å². The monoisotopic (exact) mass is 425 g/mol. The number of hydrogen-bond acceptors (Lipinski definition) is 2. The zero-order valence-corrected chi connectivity index (χ0v) is 18.3. The first-order valence-corrected chi connectivity index (χ1v) is 11.8. The molecule has 0 radical (unpaired) electrons. The van der Waals surface area contributed by atoms with E-state index in [-0.39, 0.29) is 0 Å². The summed E-state index contributed by atoms with van der Waals surface area (Å²) in [7, 11) is 0. The van der Waals surface area contributed by atoms with Gasteiger partial charge in [0, 0.05) is 31.0 Å². The summed E-state index contributed by atoms with van der Waals surface area (Å²) in [6.07, 6.45) is 9.14. The van der Waals surface area contributed by atoms with Gasteiger partial charge in [-0.2, -0.15) is 0 Å². The number of ketones is 1. The Bertz CT molecular complexity index is 889. The van der Waals surface area contributed by atoms with Crippen molar-refractivity contribution in [2.45, 2.75) is 70.3 Å². The number of halogens is 2.